The normalized spacial score (nSPS) is 30.7. The number of amides is 1. The van der Waals surface area contributed by atoms with Crippen LogP contribution in [0.25, 0.3) is 0 Å². The van der Waals surface area contributed by atoms with E-state index in [2.05, 4.69) is 20.9 Å². The highest BCUT2D eigenvalue weighted by Crippen LogP contribution is 2.69. The molecule has 2 N–H and O–H groups in total. The SMILES string of the molecule is COc1cncc2c1C1(O)[C@H](O)[C@H](C(=O)N3CCC3)C(c3ccccc3)C1(c1ccc(Br)cc1)O2. The maximum absolute atomic E-state index is 13.8. The number of methoxy groups -OCH3 is 1. The van der Waals surface area contributed by atoms with E-state index in [4.69, 9.17) is 9.47 Å². The summed E-state index contributed by atoms with van der Waals surface area (Å²) in [4.78, 5) is 19.8. The number of nitrogens with zero attached hydrogens (tertiary/aromatic N) is 2. The van der Waals surface area contributed by atoms with Crippen LogP contribution in [0.3, 0.4) is 0 Å². The third-order valence-electron chi connectivity index (χ3n) is 7.76. The smallest absolute Gasteiger partial charge is 0.229 e. The number of carbonyl (C=O) groups excluding carboxylic acids is 1. The average Bonchev–Trinajstić information content (AvgIpc) is 3.22. The van der Waals surface area contributed by atoms with E-state index in [1.807, 2.05) is 54.6 Å². The fraction of sp³-hybridized carbons (Fsp3) is 0.333. The van der Waals surface area contributed by atoms with Crippen LogP contribution in [0.15, 0.2) is 71.5 Å². The zero-order valence-corrected chi connectivity index (χ0v) is 20.7. The van der Waals surface area contributed by atoms with Crippen LogP contribution >= 0.6 is 15.9 Å². The molecule has 1 amide bonds. The Balaban J connectivity index is 1.68. The Hall–Kier alpha value is -2.94. The molecule has 1 saturated heterocycles. The maximum atomic E-state index is 13.8. The van der Waals surface area contributed by atoms with E-state index < -0.39 is 29.1 Å². The number of aliphatic hydroxyl groups is 2. The van der Waals surface area contributed by atoms with E-state index in [1.165, 1.54) is 19.5 Å². The molecule has 2 aliphatic heterocycles. The molecule has 0 radical (unpaired) electrons. The topological polar surface area (TPSA) is 92.1 Å². The van der Waals surface area contributed by atoms with Crippen molar-refractivity contribution in [1.29, 1.82) is 0 Å². The van der Waals surface area contributed by atoms with E-state index in [-0.39, 0.29) is 5.91 Å². The van der Waals surface area contributed by atoms with Gasteiger partial charge in [-0.05, 0) is 29.7 Å². The van der Waals surface area contributed by atoms with Crippen molar-refractivity contribution in [2.75, 3.05) is 20.2 Å². The molecule has 2 fully saturated rings. The number of likely N-dealkylation sites (tertiary alicyclic amines) is 1. The number of hydrogen-bond donors (Lipinski definition) is 2. The number of ether oxygens (including phenoxy) is 2. The molecule has 3 heterocycles. The van der Waals surface area contributed by atoms with E-state index in [9.17, 15) is 15.0 Å². The van der Waals surface area contributed by atoms with Crippen LogP contribution in [-0.2, 0) is 16.0 Å². The summed E-state index contributed by atoms with van der Waals surface area (Å²) in [6.45, 7) is 1.27. The van der Waals surface area contributed by atoms with E-state index >= 15 is 0 Å². The van der Waals surface area contributed by atoms with Crippen molar-refractivity contribution in [3.8, 4) is 11.5 Å². The maximum Gasteiger partial charge on any atom is 0.229 e. The Labute approximate surface area is 211 Å². The highest BCUT2D eigenvalue weighted by atomic mass is 79.9. The van der Waals surface area contributed by atoms with Crippen LogP contribution in [0.5, 0.6) is 11.5 Å². The summed E-state index contributed by atoms with van der Waals surface area (Å²) in [5.74, 6) is -1.18. The predicted molar refractivity (Wildman–Crippen MR) is 131 cm³/mol. The first-order valence-electron chi connectivity index (χ1n) is 11.6. The Morgan fingerprint density at radius 2 is 1.86 bits per heavy atom. The molecular formula is C27H25BrN2O5. The van der Waals surface area contributed by atoms with Gasteiger partial charge in [-0.2, -0.15) is 0 Å². The summed E-state index contributed by atoms with van der Waals surface area (Å²) in [5, 5.41) is 24.7. The predicted octanol–water partition coefficient (Wildman–Crippen LogP) is 3.34. The molecule has 3 aliphatic rings. The van der Waals surface area contributed by atoms with E-state index in [0.717, 1.165) is 16.5 Å². The Bertz CT molecular complexity index is 1280. The molecule has 1 saturated carbocycles. The minimum atomic E-state index is -1.98. The summed E-state index contributed by atoms with van der Waals surface area (Å²) in [7, 11) is 1.49. The number of rotatable bonds is 4. The number of fused-ring (bicyclic) bond motifs is 3. The van der Waals surface area contributed by atoms with Gasteiger partial charge in [0.1, 0.15) is 17.6 Å². The highest BCUT2D eigenvalue weighted by Gasteiger charge is 2.78. The van der Waals surface area contributed by atoms with Crippen LogP contribution in [0.1, 0.15) is 29.0 Å². The largest absolute Gasteiger partial charge is 0.495 e. The van der Waals surface area contributed by atoms with Gasteiger partial charge in [-0.15, -0.1) is 0 Å². The van der Waals surface area contributed by atoms with Gasteiger partial charge < -0.3 is 24.6 Å². The highest BCUT2D eigenvalue weighted by molar-refractivity contribution is 9.10. The summed E-state index contributed by atoms with van der Waals surface area (Å²) < 4.78 is 13.1. The lowest BCUT2D eigenvalue weighted by molar-refractivity contribution is -0.158. The minimum absolute atomic E-state index is 0.185. The van der Waals surface area contributed by atoms with Crippen molar-refractivity contribution < 1.29 is 24.5 Å². The zero-order chi connectivity index (χ0) is 24.4. The summed E-state index contributed by atoms with van der Waals surface area (Å²) in [5.41, 5.74) is -1.73. The summed E-state index contributed by atoms with van der Waals surface area (Å²) in [6.07, 6.45) is 2.48. The third kappa shape index (κ3) is 2.90. The van der Waals surface area contributed by atoms with Gasteiger partial charge in [0.25, 0.3) is 0 Å². The molecule has 6 rings (SSSR count). The van der Waals surface area contributed by atoms with Crippen molar-refractivity contribution in [2.24, 2.45) is 5.92 Å². The molecule has 0 spiro atoms. The Morgan fingerprint density at radius 1 is 1.14 bits per heavy atom. The number of hydrogen-bond acceptors (Lipinski definition) is 6. The number of benzene rings is 2. The van der Waals surface area contributed by atoms with Gasteiger partial charge in [0.05, 0.1) is 31.0 Å². The van der Waals surface area contributed by atoms with Gasteiger partial charge in [-0.1, -0.05) is 58.4 Å². The van der Waals surface area contributed by atoms with E-state index in [1.54, 1.807) is 4.90 Å². The van der Waals surface area contributed by atoms with Crippen LogP contribution < -0.4 is 9.47 Å². The number of aromatic nitrogens is 1. The fourth-order valence-corrected chi connectivity index (χ4v) is 6.38. The van der Waals surface area contributed by atoms with Crippen molar-refractivity contribution in [3.63, 3.8) is 0 Å². The molecule has 1 aliphatic carbocycles. The second kappa shape index (κ2) is 8.05. The van der Waals surface area contributed by atoms with Crippen molar-refractivity contribution in [3.05, 3.63) is 88.2 Å². The number of aliphatic hydroxyl groups excluding tert-OH is 1. The van der Waals surface area contributed by atoms with Crippen molar-refractivity contribution >= 4 is 21.8 Å². The van der Waals surface area contributed by atoms with Crippen LogP contribution in [-0.4, -0.2) is 52.3 Å². The van der Waals surface area contributed by atoms with Gasteiger partial charge in [-0.25, -0.2) is 0 Å². The lowest BCUT2D eigenvalue weighted by Crippen LogP contribution is -2.52. The molecule has 2 aromatic carbocycles. The van der Waals surface area contributed by atoms with Crippen LogP contribution in [0, 0.1) is 5.92 Å². The molecule has 3 unspecified atom stereocenters. The molecule has 8 heteroatoms. The lowest BCUT2D eigenvalue weighted by Gasteiger charge is -2.41. The van der Waals surface area contributed by atoms with Gasteiger partial charge in [0.2, 0.25) is 5.91 Å². The second-order valence-corrected chi connectivity index (χ2v) is 10.3. The van der Waals surface area contributed by atoms with Gasteiger partial charge in [0.15, 0.2) is 11.2 Å². The van der Waals surface area contributed by atoms with Gasteiger partial charge in [-0.3, -0.25) is 9.78 Å². The monoisotopic (exact) mass is 536 g/mol. The average molecular weight is 537 g/mol. The van der Waals surface area contributed by atoms with Gasteiger partial charge in [0, 0.05) is 23.5 Å². The molecule has 35 heavy (non-hydrogen) atoms. The van der Waals surface area contributed by atoms with Crippen LogP contribution in [0.4, 0.5) is 0 Å². The summed E-state index contributed by atoms with van der Waals surface area (Å²) >= 11 is 3.49. The second-order valence-electron chi connectivity index (χ2n) is 9.36. The fourth-order valence-electron chi connectivity index (χ4n) is 6.11. The molecule has 1 aromatic heterocycles. The molecular weight excluding hydrogens is 512 g/mol. The first-order valence-corrected chi connectivity index (χ1v) is 12.4. The van der Waals surface area contributed by atoms with E-state index in [0.29, 0.717) is 35.7 Å². The Kier molecular flexibility index (Phi) is 5.18. The molecule has 3 aromatic rings. The number of carbonyl (C=O) groups is 1. The first kappa shape index (κ1) is 22.5. The first-order chi connectivity index (χ1) is 16.9. The quantitative estimate of drug-likeness (QED) is 0.531. The van der Waals surface area contributed by atoms with Gasteiger partial charge >= 0.3 is 0 Å². The van der Waals surface area contributed by atoms with Crippen molar-refractivity contribution in [1.82, 2.24) is 9.88 Å². The third-order valence-corrected chi connectivity index (χ3v) is 8.29. The molecule has 0 bridgehead atoms. The molecule has 7 nitrogen and oxygen atoms in total. The number of pyridine rings is 1. The molecule has 180 valence electrons. The zero-order valence-electron chi connectivity index (χ0n) is 19.1. The minimum Gasteiger partial charge on any atom is -0.495 e. The van der Waals surface area contributed by atoms with Crippen LogP contribution in [0.2, 0.25) is 0 Å². The Morgan fingerprint density at radius 3 is 2.49 bits per heavy atom. The standard InChI is InChI=1S/C27H25BrN2O5/c1-34-19-14-29-15-20-23(19)26(33)24(31)21(25(32)30-12-5-13-30)22(16-6-3-2-4-7-16)27(26,35-20)17-8-10-18(28)11-9-17/h2-4,6-11,14-15,21-22,24,31,33H,5,12-13H2,1H3/t21-,22?,24-,26?,27?/m1/s1. The van der Waals surface area contributed by atoms with Crippen molar-refractivity contribution in [2.45, 2.75) is 29.6 Å². The summed E-state index contributed by atoms with van der Waals surface area (Å²) in [6, 6.07) is 17.0. The number of halogens is 1. The lowest BCUT2D eigenvalue weighted by atomic mass is 9.70. The molecule has 5 atom stereocenters.